The van der Waals surface area contributed by atoms with Crippen molar-refractivity contribution in [2.75, 3.05) is 0 Å². The van der Waals surface area contributed by atoms with Crippen molar-refractivity contribution in [3.05, 3.63) is 58.8 Å². The summed E-state index contributed by atoms with van der Waals surface area (Å²) < 4.78 is 5.57. The van der Waals surface area contributed by atoms with Gasteiger partial charge < -0.3 is 4.52 Å². The molecule has 0 saturated heterocycles. The lowest BCUT2D eigenvalue weighted by Gasteiger charge is -2.25. The van der Waals surface area contributed by atoms with Crippen molar-refractivity contribution in [1.29, 1.82) is 0 Å². The van der Waals surface area contributed by atoms with Gasteiger partial charge in [0.15, 0.2) is 5.82 Å². The molecule has 0 fully saturated rings. The Labute approximate surface area is 134 Å². The first-order valence-electron chi connectivity index (χ1n) is 7.97. The van der Waals surface area contributed by atoms with Gasteiger partial charge in [-0.1, -0.05) is 18.1 Å². The van der Waals surface area contributed by atoms with Crippen LogP contribution >= 0.6 is 0 Å². The van der Waals surface area contributed by atoms with Gasteiger partial charge in [0, 0.05) is 29.6 Å². The molecule has 3 aromatic rings. The van der Waals surface area contributed by atoms with Crippen LogP contribution in [0.4, 0.5) is 0 Å². The predicted octanol–water partition coefficient (Wildman–Crippen LogP) is 2.80. The van der Waals surface area contributed by atoms with Crippen LogP contribution in [0, 0.1) is 12.8 Å². The van der Waals surface area contributed by atoms with Gasteiger partial charge in [-0.15, -0.1) is 0 Å². The number of aromatic nitrogens is 5. The SMILES string of the molecule is Cc1ccc(Cc2noc(C3c4cn[nH]c4CCC3C)n2)cn1. The molecule has 0 radical (unpaired) electrons. The molecule has 6 nitrogen and oxygen atoms in total. The molecule has 0 aromatic carbocycles. The predicted molar refractivity (Wildman–Crippen MR) is 84.0 cm³/mol. The number of hydrogen-bond donors (Lipinski definition) is 1. The van der Waals surface area contributed by atoms with Gasteiger partial charge in [-0.05, 0) is 37.3 Å². The van der Waals surface area contributed by atoms with Crippen molar-refractivity contribution in [2.45, 2.75) is 39.0 Å². The molecule has 118 valence electrons. The number of aromatic amines is 1. The van der Waals surface area contributed by atoms with E-state index in [9.17, 15) is 0 Å². The number of aryl methyl sites for hydroxylation is 2. The second-order valence-corrected chi connectivity index (χ2v) is 6.33. The smallest absolute Gasteiger partial charge is 0.234 e. The van der Waals surface area contributed by atoms with E-state index in [-0.39, 0.29) is 5.92 Å². The third-order valence-corrected chi connectivity index (χ3v) is 4.59. The molecule has 1 aliphatic carbocycles. The number of hydrogen-bond acceptors (Lipinski definition) is 5. The Hall–Kier alpha value is -2.50. The maximum Gasteiger partial charge on any atom is 0.234 e. The number of nitrogens with zero attached hydrogens (tertiary/aromatic N) is 4. The summed E-state index contributed by atoms with van der Waals surface area (Å²) in [6.45, 7) is 4.21. The summed E-state index contributed by atoms with van der Waals surface area (Å²) in [5.41, 5.74) is 4.47. The third-order valence-electron chi connectivity index (χ3n) is 4.59. The van der Waals surface area contributed by atoms with E-state index < -0.39 is 0 Å². The average Bonchev–Trinajstić information content (AvgIpc) is 3.19. The molecular weight excluding hydrogens is 290 g/mol. The Morgan fingerprint density at radius 1 is 1.30 bits per heavy atom. The van der Waals surface area contributed by atoms with Crippen LogP contribution in [0.15, 0.2) is 29.0 Å². The quantitative estimate of drug-likeness (QED) is 0.804. The van der Waals surface area contributed by atoms with Gasteiger partial charge in [0.1, 0.15) is 0 Å². The fourth-order valence-electron chi connectivity index (χ4n) is 3.26. The fourth-order valence-corrected chi connectivity index (χ4v) is 3.26. The highest BCUT2D eigenvalue weighted by atomic mass is 16.5. The van der Waals surface area contributed by atoms with Gasteiger partial charge in [-0.2, -0.15) is 10.1 Å². The maximum atomic E-state index is 5.57. The minimum absolute atomic E-state index is 0.134. The van der Waals surface area contributed by atoms with Crippen molar-refractivity contribution >= 4 is 0 Å². The Balaban J connectivity index is 1.60. The number of rotatable bonds is 3. The summed E-state index contributed by atoms with van der Waals surface area (Å²) in [7, 11) is 0. The summed E-state index contributed by atoms with van der Waals surface area (Å²) >= 11 is 0. The molecule has 0 saturated carbocycles. The summed E-state index contributed by atoms with van der Waals surface area (Å²) in [5.74, 6) is 1.99. The topological polar surface area (TPSA) is 80.5 Å². The number of nitrogens with one attached hydrogen (secondary N) is 1. The van der Waals surface area contributed by atoms with Crippen molar-refractivity contribution in [1.82, 2.24) is 25.3 Å². The Morgan fingerprint density at radius 2 is 2.22 bits per heavy atom. The van der Waals surface area contributed by atoms with E-state index >= 15 is 0 Å². The van der Waals surface area contributed by atoms with E-state index in [1.54, 1.807) is 0 Å². The molecule has 0 amide bonds. The van der Waals surface area contributed by atoms with Crippen LogP contribution < -0.4 is 0 Å². The monoisotopic (exact) mass is 309 g/mol. The first-order chi connectivity index (χ1) is 11.2. The van der Waals surface area contributed by atoms with Crippen LogP contribution in [0.25, 0.3) is 0 Å². The van der Waals surface area contributed by atoms with Crippen LogP contribution in [0.1, 0.15) is 53.5 Å². The van der Waals surface area contributed by atoms with Gasteiger partial charge in [0.05, 0.1) is 12.1 Å². The zero-order valence-electron chi connectivity index (χ0n) is 13.3. The Kier molecular flexibility index (Phi) is 3.44. The summed E-state index contributed by atoms with van der Waals surface area (Å²) in [6, 6.07) is 4.05. The zero-order chi connectivity index (χ0) is 15.8. The first kappa shape index (κ1) is 14.1. The van der Waals surface area contributed by atoms with E-state index in [0.717, 1.165) is 24.1 Å². The first-order valence-corrected chi connectivity index (χ1v) is 7.97. The minimum atomic E-state index is 0.134. The lowest BCUT2D eigenvalue weighted by molar-refractivity contribution is 0.316. The molecule has 0 spiro atoms. The zero-order valence-corrected chi connectivity index (χ0v) is 13.3. The minimum Gasteiger partial charge on any atom is -0.339 e. The highest BCUT2D eigenvalue weighted by Crippen LogP contribution is 2.39. The van der Waals surface area contributed by atoms with Crippen LogP contribution in [-0.2, 0) is 12.8 Å². The normalized spacial score (nSPS) is 20.4. The second-order valence-electron chi connectivity index (χ2n) is 6.33. The average molecular weight is 309 g/mol. The molecule has 23 heavy (non-hydrogen) atoms. The van der Waals surface area contributed by atoms with Crippen LogP contribution in [0.2, 0.25) is 0 Å². The number of H-pyrrole nitrogens is 1. The summed E-state index contributed by atoms with van der Waals surface area (Å²) in [5, 5.41) is 11.4. The lowest BCUT2D eigenvalue weighted by atomic mass is 9.79. The Morgan fingerprint density at radius 3 is 3.04 bits per heavy atom. The van der Waals surface area contributed by atoms with Crippen molar-refractivity contribution in [3.8, 4) is 0 Å². The molecule has 2 atom stereocenters. The number of fused-ring (bicyclic) bond motifs is 1. The molecule has 3 aromatic heterocycles. The van der Waals surface area contributed by atoms with Crippen molar-refractivity contribution in [3.63, 3.8) is 0 Å². The highest BCUT2D eigenvalue weighted by Gasteiger charge is 2.33. The largest absolute Gasteiger partial charge is 0.339 e. The van der Waals surface area contributed by atoms with Gasteiger partial charge in [0.25, 0.3) is 0 Å². The Bertz CT molecular complexity index is 805. The second kappa shape index (κ2) is 5.61. The number of pyridine rings is 1. The van der Waals surface area contributed by atoms with Gasteiger partial charge in [-0.3, -0.25) is 10.1 Å². The third kappa shape index (κ3) is 2.65. The summed E-state index contributed by atoms with van der Waals surface area (Å²) in [6.07, 6.45) is 6.52. The molecule has 0 aliphatic heterocycles. The van der Waals surface area contributed by atoms with E-state index in [2.05, 4.69) is 38.3 Å². The van der Waals surface area contributed by atoms with Gasteiger partial charge in [0.2, 0.25) is 5.89 Å². The van der Waals surface area contributed by atoms with Gasteiger partial charge in [-0.25, -0.2) is 0 Å². The van der Waals surface area contributed by atoms with Crippen molar-refractivity contribution < 1.29 is 4.52 Å². The molecule has 6 heteroatoms. The maximum absolute atomic E-state index is 5.57. The molecule has 1 aliphatic rings. The van der Waals surface area contributed by atoms with E-state index in [0.29, 0.717) is 24.1 Å². The molecular formula is C17H19N5O. The lowest BCUT2D eigenvalue weighted by Crippen LogP contribution is -2.19. The summed E-state index contributed by atoms with van der Waals surface area (Å²) in [4.78, 5) is 8.94. The van der Waals surface area contributed by atoms with E-state index in [4.69, 9.17) is 4.52 Å². The van der Waals surface area contributed by atoms with E-state index in [1.807, 2.05) is 25.4 Å². The highest BCUT2D eigenvalue weighted by molar-refractivity contribution is 5.30. The molecule has 4 rings (SSSR count). The van der Waals surface area contributed by atoms with Crippen molar-refractivity contribution in [2.24, 2.45) is 5.92 Å². The van der Waals surface area contributed by atoms with Crippen LogP contribution in [0.5, 0.6) is 0 Å². The molecule has 0 bridgehead atoms. The van der Waals surface area contributed by atoms with Crippen LogP contribution in [-0.4, -0.2) is 25.3 Å². The molecule has 1 N–H and O–H groups in total. The fraction of sp³-hybridized carbons (Fsp3) is 0.412. The molecule has 3 heterocycles. The van der Waals surface area contributed by atoms with Gasteiger partial charge >= 0.3 is 0 Å². The standard InChI is InChI=1S/C17H19N5O/c1-10-3-6-14-13(9-19-21-14)16(10)17-20-15(22-23-17)7-12-5-4-11(2)18-8-12/h4-5,8-10,16H,3,6-7H2,1-2H3,(H,19,21). The molecule has 2 unspecified atom stereocenters. The van der Waals surface area contributed by atoms with Crippen LogP contribution in [0.3, 0.4) is 0 Å². The van der Waals surface area contributed by atoms with E-state index in [1.165, 1.54) is 11.3 Å².